The molecule has 2 aliphatic rings. The lowest BCUT2D eigenvalue weighted by Gasteiger charge is -2.24. The van der Waals surface area contributed by atoms with Gasteiger partial charge < -0.3 is 14.5 Å². The Kier molecular flexibility index (Phi) is 4.85. The van der Waals surface area contributed by atoms with Gasteiger partial charge in [-0.25, -0.2) is 9.78 Å². The molecule has 124 valence electrons. The van der Waals surface area contributed by atoms with Crippen molar-refractivity contribution in [2.45, 2.75) is 6.42 Å². The highest BCUT2D eigenvalue weighted by Crippen LogP contribution is 2.16. The second-order valence-electron chi connectivity index (χ2n) is 5.59. The van der Waals surface area contributed by atoms with E-state index in [4.69, 9.17) is 16.3 Å². The molecular weight excluding hydrogens is 320 g/mol. The lowest BCUT2D eigenvalue weighted by atomic mass is 10.3. The Morgan fingerprint density at radius 1 is 1.22 bits per heavy atom. The van der Waals surface area contributed by atoms with Crippen molar-refractivity contribution in [3.8, 4) is 0 Å². The molecule has 7 nitrogen and oxygen atoms in total. The number of ether oxygens (including phenoxy) is 1. The van der Waals surface area contributed by atoms with Crippen LogP contribution in [0.15, 0.2) is 18.3 Å². The molecule has 0 saturated carbocycles. The molecule has 23 heavy (non-hydrogen) atoms. The highest BCUT2D eigenvalue weighted by molar-refractivity contribution is 6.30. The first kappa shape index (κ1) is 15.9. The van der Waals surface area contributed by atoms with E-state index < -0.39 is 6.09 Å². The molecule has 0 aromatic carbocycles. The lowest BCUT2D eigenvalue weighted by Crippen LogP contribution is -2.42. The Morgan fingerprint density at radius 2 is 2.09 bits per heavy atom. The average Bonchev–Trinajstić information content (AvgIpc) is 2.81. The van der Waals surface area contributed by atoms with E-state index in [-0.39, 0.29) is 12.5 Å². The van der Waals surface area contributed by atoms with Gasteiger partial charge in [-0.2, -0.15) is 0 Å². The van der Waals surface area contributed by atoms with Crippen LogP contribution in [0.2, 0.25) is 5.02 Å². The minimum absolute atomic E-state index is 0.0326. The molecule has 0 N–H and O–H groups in total. The van der Waals surface area contributed by atoms with Crippen LogP contribution in [0.25, 0.3) is 0 Å². The SMILES string of the molecule is O=C(CN1CCOC1=O)N1CCCN(c2ccc(Cl)cn2)CC1. The Bertz CT molecular complexity index is 581. The first-order valence-electron chi connectivity index (χ1n) is 7.69. The van der Waals surface area contributed by atoms with Crippen LogP contribution in [0.3, 0.4) is 0 Å². The summed E-state index contributed by atoms with van der Waals surface area (Å²) in [6.07, 6.45) is 2.09. The molecule has 0 bridgehead atoms. The zero-order valence-electron chi connectivity index (χ0n) is 12.8. The minimum Gasteiger partial charge on any atom is -0.448 e. The third kappa shape index (κ3) is 3.85. The summed E-state index contributed by atoms with van der Waals surface area (Å²) in [4.78, 5) is 33.5. The molecule has 1 aromatic rings. The molecule has 0 radical (unpaired) electrons. The van der Waals surface area contributed by atoms with Gasteiger partial charge in [-0.05, 0) is 18.6 Å². The summed E-state index contributed by atoms with van der Waals surface area (Å²) in [5, 5.41) is 0.609. The molecule has 2 fully saturated rings. The number of anilines is 1. The van der Waals surface area contributed by atoms with Crippen molar-refractivity contribution < 1.29 is 14.3 Å². The maximum atomic E-state index is 12.4. The number of hydrogen-bond acceptors (Lipinski definition) is 5. The zero-order chi connectivity index (χ0) is 16.2. The van der Waals surface area contributed by atoms with E-state index in [1.54, 1.807) is 6.20 Å². The fourth-order valence-electron chi connectivity index (χ4n) is 2.78. The minimum atomic E-state index is -0.403. The van der Waals surface area contributed by atoms with Crippen LogP contribution in [0.1, 0.15) is 6.42 Å². The summed E-state index contributed by atoms with van der Waals surface area (Å²) in [7, 11) is 0. The summed E-state index contributed by atoms with van der Waals surface area (Å²) in [6, 6.07) is 3.71. The van der Waals surface area contributed by atoms with Gasteiger partial charge in [0, 0.05) is 32.4 Å². The van der Waals surface area contributed by atoms with Gasteiger partial charge in [0.1, 0.15) is 19.0 Å². The van der Waals surface area contributed by atoms with Gasteiger partial charge in [-0.15, -0.1) is 0 Å². The summed E-state index contributed by atoms with van der Waals surface area (Å²) >= 11 is 5.86. The van der Waals surface area contributed by atoms with Crippen LogP contribution < -0.4 is 4.90 Å². The van der Waals surface area contributed by atoms with Gasteiger partial charge in [0.05, 0.1) is 11.6 Å². The van der Waals surface area contributed by atoms with E-state index in [0.717, 1.165) is 18.8 Å². The van der Waals surface area contributed by atoms with Crippen LogP contribution in [0, 0.1) is 0 Å². The average molecular weight is 339 g/mol. The van der Waals surface area contributed by atoms with Crippen molar-refractivity contribution in [2.24, 2.45) is 0 Å². The molecule has 0 atom stereocenters. The summed E-state index contributed by atoms with van der Waals surface area (Å²) in [5.41, 5.74) is 0. The fraction of sp³-hybridized carbons (Fsp3) is 0.533. The van der Waals surface area contributed by atoms with Crippen LogP contribution in [-0.4, -0.2) is 72.7 Å². The third-order valence-corrected chi connectivity index (χ3v) is 4.28. The van der Waals surface area contributed by atoms with Crippen LogP contribution in [-0.2, 0) is 9.53 Å². The quantitative estimate of drug-likeness (QED) is 0.829. The second-order valence-corrected chi connectivity index (χ2v) is 6.03. The van der Waals surface area contributed by atoms with Crippen molar-refractivity contribution in [3.63, 3.8) is 0 Å². The number of aromatic nitrogens is 1. The number of rotatable bonds is 3. The first-order chi connectivity index (χ1) is 11.1. The molecule has 8 heteroatoms. The van der Waals surface area contributed by atoms with Crippen LogP contribution >= 0.6 is 11.6 Å². The van der Waals surface area contributed by atoms with Gasteiger partial charge in [0.2, 0.25) is 5.91 Å². The van der Waals surface area contributed by atoms with Crippen LogP contribution in [0.4, 0.5) is 10.6 Å². The van der Waals surface area contributed by atoms with Gasteiger partial charge >= 0.3 is 6.09 Å². The van der Waals surface area contributed by atoms with Gasteiger partial charge in [0.25, 0.3) is 0 Å². The Morgan fingerprint density at radius 3 is 2.78 bits per heavy atom. The number of carbonyl (C=O) groups is 2. The van der Waals surface area contributed by atoms with Crippen molar-refractivity contribution >= 4 is 29.4 Å². The number of hydrogen-bond donors (Lipinski definition) is 0. The summed E-state index contributed by atoms with van der Waals surface area (Å²) in [6.45, 7) is 3.80. The van der Waals surface area contributed by atoms with E-state index in [1.807, 2.05) is 17.0 Å². The van der Waals surface area contributed by atoms with Crippen LogP contribution in [0.5, 0.6) is 0 Å². The predicted molar refractivity (Wildman–Crippen MR) is 85.6 cm³/mol. The van der Waals surface area contributed by atoms with Crippen molar-refractivity contribution in [1.82, 2.24) is 14.8 Å². The van der Waals surface area contributed by atoms with Crippen molar-refractivity contribution in [1.29, 1.82) is 0 Å². The summed E-state index contributed by atoms with van der Waals surface area (Å²) < 4.78 is 4.85. The van der Waals surface area contributed by atoms with Crippen molar-refractivity contribution in [3.05, 3.63) is 23.4 Å². The van der Waals surface area contributed by atoms with E-state index in [9.17, 15) is 9.59 Å². The zero-order valence-corrected chi connectivity index (χ0v) is 13.5. The molecule has 0 aliphatic carbocycles. The fourth-order valence-corrected chi connectivity index (χ4v) is 2.90. The number of amides is 2. The standard InChI is InChI=1S/C15H19ClN4O3/c16-12-2-3-13(17-10-12)18-4-1-5-19(7-6-18)14(21)11-20-8-9-23-15(20)22/h2-3,10H,1,4-9,11H2. The molecule has 0 unspecified atom stereocenters. The van der Waals surface area contributed by atoms with Gasteiger partial charge in [-0.1, -0.05) is 11.6 Å². The van der Waals surface area contributed by atoms with E-state index in [0.29, 0.717) is 37.8 Å². The largest absolute Gasteiger partial charge is 0.448 e. The molecule has 2 aliphatic heterocycles. The Hall–Kier alpha value is -2.02. The maximum absolute atomic E-state index is 12.4. The molecule has 1 aromatic heterocycles. The predicted octanol–water partition coefficient (Wildman–Crippen LogP) is 1.23. The molecule has 2 saturated heterocycles. The first-order valence-corrected chi connectivity index (χ1v) is 8.07. The van der Waals surface area contributed by atoms with E-state index in [2.05, 4.69) is 9.88 Å². The third-order valence-electron chi connectivity index (χ3n) is 4.06. The maximum Gasteiger partial charge on any atom is 0.410 e. The number of cyclic esters (lactones) is 1. The Labute approximate surface area is 139 Å². The normalized spacial score (nSPS) is 18.8. The topological polar surface area (TPSA) is 66.0 Å². The molecule has 0 spiro atoms. The monoisotopic (exact) mass is 338 g/mol. The highest BCUT2D eigenvalue weighted by Gasteiger charge is 2.27. The van der Waals surface area contributed by atoms with E-state index in [1.165, 1.54) is 4.90 Å². The Balaban J connectivity index is 1.56. The van der Waals surface area contributed by atoms with E-state index >= 15 is 0 Å². The molecule has 3 heterocycles. The van der Waals surface area contributed by atoms with Crippen molar-refractivity contribution in [2.75, 3.05) is 50.8 Å². The highest BCUT2D eigenvalue weighted by atomic mass is 35.5. The number of halogens is 1. The smallest absolute Gasteiger partial charge is 0.410 e. The number of carbonyl (C=O) groups excluding carboxylic acids is 2. The number of pyridine rings is 1. The van der Waals surface area contributed by atoms with Gasteiger partial charge in [0.15, 0.2) is 0 Å². The second kappa shape index (κ2) is 7.04. The molecule has 3 rings (SSSR count). The molecular formula is C15H19ClN4O3. The molecule has 2 amide bonds. The van der Waals surface area contributed by atoms with Gasteiger partial charge in [-0.3, -0.25) is 9.69 Å². The number of nitrogens with zero attached hydrogens (tertiary/aromatic N) is 4. The lowest BCUT2D eigenvalue weighted by molar-refractivity contribution is -0.131. The summed E-state index contributed by atoms with van der Waals surface area (Å²) in [5.74, 6) is 0.835.